The van der Waals surface area contributed by atoms with E-state index in [1.165, 1.54) is 57.8 Å². The summed E-state index contributed by atoms with van der Waals surface area (Å²) in [5.41, 5.74) is 0. The summed E-state index contributed by atoms with van der Waals surface area (Å²) in [6.45, 7) is 2.23. The number of sulfone groups is 1. The van der Waals surface area contributed by atoms with Crippen LogP contribution in [0.15, 0.2) is 0 Å². The first-order chi connectivity index (χ1) is 10.5. The van der Waals surface area contributed by atoms with E-state index in [2.05, 4.69) is 6.92 Å². The molecular weight excluding hydrogens is 300 g/mol. The van der Waals surface area contributed by atoms with Crippen LogP contribution in [-0.4, -0.2) is 31.0 Å². The zero-order chi connectivity index (χ0) is 16.7. The molecule has 0 fully saturated rings. The third-order valence-electron chi connectivity index (χ3n) is 3.94. The lowest BCUT2D eigenvalue weighted by molar-refractivity contribution is -0.136. The quantitative estimate of drug-likeness (QED) is 0.419. The molecule has 0 saturated carbocycles. The molecule has 0 unspecified atom stereocenters. The number of hydrogen-bond acceptors (Lipinski definition) is 3. The van der Waals surface area contributed by atoms with Gasteiger partial charge in [0, 0.05) is 0 Å². The lowest BCUT2D eigenvalue weighted by atomic mass is 10.1. The molecule has 22 heavy (non-hydrogen) atoms. The lowest BCUT2D eigenvalue weighted by Gasteiger charge is -2.04. The minimum absolute atomic E-state index is 0.137. The van der Waals surface area contributed by atoms with Gasteiger partial charge in [0.15, 0.2) is 9.84 Å². The summed E-state index contributed by atoms with van der Waals surface area (Å²) < 4.78 is 23.1. The summed E-state index contributed by atoms with van der Waals surface area (Å²) in [6, 6.07) is 0. The summed E-state index contributed by atoms with van der Waals surface area (Å²) in [4.78, 5) is 10.4. The number of aliphatic carboxylic acids is 1. The molecule has 0 aliphatic carbocycles. The van der Waals surface area contributed by atoms with Crippen LogP contribution in [0.3, 0.4) is 0 Å². The summed E-state index contributed by atoms with van der Waals surface area (Å²) in [7, 11) is -3.17. The van der Waals surface area contributed by atoms with E-state index < -0.39 is 15.8 Å². The van der Waals surface area contributed by atoms with Crippen molar-refractivity contribution in [1.29, 1.82) is 0 Å². The van der Waals surface area contributed by atoms with Gasteiger partial charge in [-0.1, -0.05) is 77.6 Å². The van der Waals surface area contributed by atoms with Crippen LogP contribution < -0.4 is 0 Å². The van der Waals surface area contributed by atoms with Crippen LogP contribution in [0.4, 0.5) is 0 Å². The van der Waals surface area contributed by atoms with Crippen LogP contribution in [-0.2, 0) is 14.6 Å². The Kier molecular flexibility index (Phi) is 13.7. The second-order valence-corrected chi connectivity index (χ2v) is 8.49. The Balaban J connectivity index is 3.31. The molecule has 0 aromatic rings. The molecule has 132 valence electrons. The van der Waals surface area contributed by atoms with E-state index in [9.17, 15) is 13.2 Å². The van der Waals surface area contributed by atoms with Gasteiger partial charge in [-0.3, -0.25) is 4.79 Å². The van der Waals surface area contributed by atoms with Crippen molar-refractivity contribution < 1.29 is 18.3 Å². The van der Waals surface area contributed by atoms with E-state index in [0.29, 0.717) is 6.42 Å². The smallest absolute Gasteiger partial charge is 0.304 e. The molecule has 0 rings (SSSR count). The molecule has 1 N–H and O–H groups in total. The van der Waals surface area contributed by atoms with Crippen molar-refractivity contribution in [3.63, 3.8) is 0 Å². The Morgan fingerprint density at radius 3 is 1.55 bits per heavy atom. The van der Waals surface area contributed by atoms with Gasteiger partial charge >= 0.3 is 5.97 Å². The zero-order valence-corrected chi connectivity index (χ0v) is 15.0. The molecule has 0 amide bonds. The minimum atomic E-state index is -3.17. The van der Waals surface area contributed by atoms with Gasteiger partial charge < -0.3 is 5.11 Å². The lowest BCUT2D eigenvalue weighted by Crippen LogP contribution is -2.14. The Bertz CT molecular complexity index is 363. The maximum Gasteiger partial charge on any atom is 0.304 e. The summed E-state index contributed by atoms with van der Waals surface area (Å²) in [6.07, 6.45) is 14.2. The Morgan fingerprint density at radius 1 is 0.727 bits per heavy atom. The predicted molar refractivity (Wildman–Crippen MR) is 92.0 cm³/mol. The van der Waals surface area contributed by atoms with Gasteiger partial charge in [0.25, 0.3) is 0 Å². The van der Waals surface area contributed by atoms with Gasteiger partial charge in [-0.05, 0) is 6.42 Å². The van der Waals surface area contributed by atoms with Crippen molar-refractivity contribution in [2.75, 3.05) is 11.5 Å². The Morgan fingerprint density at radius 2 is 1.14 bits per heavy atom. The second kappa shape index (κ2) is 14.0. The monoisotopic (exact) mass is 334 g/mol. The molecule has 0 aromatic carbocycles. The van der Waals surface area contributed by atoms with E-state index in [0.717, 1.165) is 12.8 Å². The third kappa shape index (κ3) is 15.8. The number of carbonyl (C=O) groups is 1. The molecular formula is C17H34O4S. The van der Waals surface area contributed by atoms with E-state index in [1.807, 2.05) is 0 Å². The highest BCUT2D eigenvalue weighted by Gasteiger charge is 2.12. The Labute approximate surface area is 136 Å². The molecule has 0 radical (unpaired) electrons. The zero-order valence-electron chi connectivity index (χ0n) is 14.2. The van der Waals surface area contributed by atoms with E-state index in [4.69, 9.17) is 5.11 Å². The normalized spacial score (nSPS) is 11.7. The van der Waals surface area contributed by atoms with Crippen LogP contribution in [0.25, 0.3) is 0 Å². The SMILES string of the molecule is CCCCCCCCCCCCCCS(=O)(=O)CCC(=O)O. The molecule has 4 nitrogen and oxygen atoms in total. The maximum atomic E-state index is 11.6. The van der Waals surface area contributed by atoms with Gasteiger partial charge in [-0.2, -0.15) is 0 Å². The summed E-state index contributed by atoms with van der Waals surface area (Å²) in [5, 5.41) is 8.49. The van der Waals surface area contributed by atoms with Crippen molar-refractivity contribution in [2.24, 2.45) is 0 Å². The molecule has 0 spiro atoms. The molecule has 0 heterocycles. The van der Waals surface area contributed by atoms with Crippen LogP contribution in [0.2, 0.25) is 0 Å². The standard InChI is InChI=1S/C17H34O4S/c1-2-3-4-5-6-7-8-9-10-11-12-13-15-22(20,21)16-14-17(18)19/h2-16H2,1H3,(H,18,19). The minimum Gasteiger partial charge on any atom is -0.481 e. The number of rotatable bonds is 16. The molecule has 5 heteroatoms. The highest BCUT2D eigenvalue weighted by atomic mass is 32.2. The molecule has 0 aromatic heterocycles. The topological polar surface area (TPSA) is 71.4 Å². The highest BCUT2D eigenvalue weighted by Crippen LogP contribution is 2.12. The van der Waals surface area contributed by atoms with Crippen LogP contribution >= 0.6 is 0 Å². The Hall–Kier alpha value is -0.580. The largest absolute Gasteiger partial charge is 0.481 e. The summed E-state index contributed by atoms with van der Waals surface area (Å²) in [5.74, 6) is -1.13. The average Bonchev–Trinajstić information content (AvgIpc) is 2.46. The first kappa shape index (κ1) is 21.4. The fourth-order valence-corrected chi connectivity index (χ4v) is 3.84. The van der Waals surface area contributed by atoms with E-state index >= 15 is 0 Å². The molecule has 0 saturated heterocycles. The van der Waals surface area contributed by atoms with Crippen molar-refractivity contribution in [3.05, 3.63) is 0 Å². The molecule has 0 aliphatic heterocycles. The second-order valence-electron chi connectivity index (χ2n) is 6.18. The first-order valence-corrected chi connectivity index (χ1v) is 10.7. The van der Waals surface area contributed by atoms with Gasteiger partial charge in [-0.15, -0.1) is 0 Å². The van der Waals surface area contributed by atoms with Crippen molar-refractivity contribution in [3.8, 4) is 0 Å². The van der Waals surface area contributed by atoms with Gasteiger partial charge in [0.1, 0.15) is 0 Å². The van der Waals surface area contributed by atoms with Crippen LogP contribution in [0.5, 0.6) is 0 Å². The number of unbranched alkanes of at least 4 members (excludes halogenated alkanes) is 11. The van der Waals surface area contributed by atoms with Crippen molar-refractivity contribution >= 4 is 15.8 Å². The number of carboxylic acids is 1. The van der Waals surface area contributed by atoms with E-state index in [1.54, 1.807) is 0 Å². The van der Waals surface area contributed by atoms with Crippen molar-refractivity contribution in [2.45, 2.75) is 90.4 Å². The summed E-state index contributed by atoms with van der Waals surface area (Å²) >= 11 is 0. The van der Waals surface area contributed by atoms with Gasteiger partial charge in [-0.25, -0.2) is 8.42 Å². The fourth-order valence-electron chi connectivity index (χ4n) is 2.51. The van der Waals surface area contributed by atoms with E-state index in [-0.39, 0.29) is 17.9 Å². The molecule has 0 aliphatic rings. The van der Waals surface area contributed by atoms with Crippen LogP contribution in [0.1, 0.15) is 90.4 Å². The fraction of sp³-hybridized carbons (Fsp3) is 0.941. The van der Waals surface area contributed by atoms with Gasteiger partial charge in [0.05, 0.1) is 17.9 Å². The highest BCUT2D eigenvalue weighted by molar-refractivity contribution is 7.91. The number of carboxylic acid groups (broad SMARTS) is 1. The first-order valence-electron chi connectivity index (χ1n) is 8.90. The molecule has 0 bridgehead atoms. The maximum absolute atomic E-state index is 11.6. The molecule has 0 atom stereocenters. The average molecular weight is 335 g/mol. The van der Waals surface area contributed by atoms with Gasteiger partial charge in [0.2, 0.25) is 0 Å². The predicted octanol–water partition coefficient (Wildman–Crippen LogP) is 4.58. The third-order valence-corrected chi connectivity index (χ3v) is 5.67. The van der Waals surface area contributed by atoms with Crippen molar-refractivity contribution in [1.82, 2.24) is 0 Å². The number of hydrogen-bond donors (Lipinski definition) is 1. The van der Waals surface area contributed by atoms with Crippen LogP contribution in [0, 0.1) is 0 Å².